The van der Waals surface area contributed by atoms with E-state index in [4.69, 9.17) is 9.90 Å². The molecule has 2 nitrogen and oxygen atoms in total. The minimum atomic E-state index is -0.833. The Kier molecular flexibility index (Phi) is 25.8. The monoisotopic (exact) mass is 243 g/mol. The molecular weight excluding hydrogens is 238 g/mol. The van der Waals surface area contributed by atoms with E-state index in [-0.39, 0.29) is 69.6 Å². The Morgan fingerprint density at radius 3 is 1.83 bits per heavy atom. The maximum atomic E-state index is 9.00. The number of carbonyl (C=O) groups is 1. The largest absolute Gasteiger partial charge is 1.00 e. The van der Waals surface area contributed by atoms with Crippen molar-refractivity contribution in [1.82, 2.24) is 0 Å². The normalized spacial score (nSPS) is 4.17. The molecule has 1 radical (unpaired) electrons. The number of carboxylic acid groups (broad SMARTS) is 1. The van der Waals surface area contributed by atoms with Crippen LogP contribution in [0.2, 0.25) is 0 Å². The smallest absolute Gasteiger partial charge is 1.00 e. The van der Waals surface area contributed by atoms with E-state index < -0.39 is 5.97 Å². The first-order valence-corrected chi connectivity index (χ1v) is 0.928. The maximum Gasteiger partial charge on any atom is 1.00 e. The third kappa shape index (κ3) is 42.2. The molecule has 0 aromatic carbocycles. The van der Waals surface area contributed by atoms with E-state index in [0.717, 1.165) is 6.92 Å². The Bertz CT molecular complexity index is 38.7. The summed E-state index contributed by atoms with van der Waals surface area (Å²) < 4.78 is 0. The van der Waals surface area contributed by atoms with Crippen molar-refractivity contribution in [3.8, 4) is 0 Å². The Labute approximate surface area is 90.9 Å². The summed E-state index contributed by atoms with van der Waals surface area (Å²) in [5.41, 5.74) is 0. The van der Waals surface area contributed by atoms with E-state index in [9.17, 15) is 0 Å². The molecule has 0 aliphatic rings. The van der Waals surface area contributed by atoms with Gasteiger partial charge in [-0.1, -0.05) is 0 Å². The van der Waals surface area contributed by atoms with E-state index in [1.165, 1.54) is 0 Å². The fraction of sp³-hybridized carbons (Fsp3) is 0.500. The molecule has 0 heterocycles. The van der Waals surface area contributed by atoms with Crippen LogP contribution in [0.5, 0.6) is 0 Å². The Morgan fingerprint density at radius 1 is 1.83 bits per heavy atom. The zero-order chi connectivity index (χ0) is 3.58. The van der Waals surface area contributed by atoms with Crippen LogP contribution in [0.15, 0.2) is 0 Å². The van der Waals surface area contributed by atoms with Gasteiger partial charge < -0.3 is 6.53 Å². The summed E-state index contributed by atoms with van der Waals surface area (Å²) in [5.74, 6) is -0.833. The van der Waals surface area contributed by atoms with Gasteiger partial charge in [-0.25, -0.2) is 0 Å². The molecule has 0 fully saturated rings. The van der Waals surface area contributed by atoms with Crippen LogP contribution in [-0.4, -0.2) is 11.1 Å². The zero-order valence-corrected chi connectivity index (χ0v) is 7.83. The van der Waals surface area contributed by atoms with Crippen LogP contribution in [0.4, 0.5) is 0 Å². The van der Waals surface area contributed by atoms with Gasteiger partial charge in [-0.2, -0.15) is 0 Å². The number of rotatable bonds is 0. The van der Waals surface area contributed by atoms with E-state index in [2.05, 4.69) is 0 Å². The molecule has 0 atom stereocenters. The number of carboxylic acids is 1. The summed E-state index contributed by atoms with van der Waals surface area (Å²) in [6, 6.07) is 0. The molecule has 1 N–H and O–H groups in total. The van der Waals surface area contributed by atoms with Gasteiger partial charge in [0.1, 0.15) is 0 Å². The van der Waals surface area contributed by atoms with Crippen LogP contribution < -0.4 is 29.6 Å². The van der Waals surface area contributed by atoms with Crippen LogP contribution >= 0.6 is 0 Å². The summed E-state index contributed by atoms with van der Waals surface area (Å²) in [5, 5.41) is 7.42. The van der Waals surface area contributed by atoms with Gasteiger partial charge in [-0.15, -0.1) is 0 Å². The van der Waals surface area contributed by atoms with Gasteiger partial charge in [0.2, 0.25) is 0 Å². The van der Waals surface area contributed by atoms with Crippen molar-refractivity contribution in [2.24, 2.45) is 0 Å². The minimum absolute atomic E-state index is 0. The second-order valence-electron chi connectivity index (χ2n) is 0.519. The van der Waals surface area contributed by atoms with Gasteiger partial charge in [-0.05, 0) is 0 Å². The van der Waals surface area contributed by atoms with E-state index in [1.54, 1.807) is 0 Å². The summed E-state index contributed by atoms with van der Waals surface area (Å²) >= 11 is 0. The first-order valence-electron chi connectivity index (χ1n) is 0.928. The summed E-state index contributed by atoms with van der Waals surface area (Å²) in [6.07, 6.45) is 0. The van der Waals surface area contributed by atoms with Crippen LogP contribution in [0.3, 0.4) is 0 Å². The molecule has 0 aliphatic heterocycles. The minimum Gasteiger partial charge on any atom is -1.00 e. The first-order chi connectivity index (χ1) is 1.73. The van der Waals surface area contributed by atoms with Crippen molar-refractivity contribution in [3.05, 3.63) is 0 Å². The van der Waals surface area contributed by atoms with E-state index >= 15 is 0 Å². The van der Waals surface area contributed by atoms with Gasteiger partial charge in [0.15, 0.2) is 0 Å². The van der Waals surface area contributed by atoms with Crippen molar-refractivity contribution in [3.63, 3.8) is 0 Å². The van der Waals surface area contributed by atoms with Gasteiger partial charge in [0.05, 0.1) is 0 Å². The van der Waals surface area contributed by atoms with Crippen LogP contribution in [0, 0.1) is 38.6 Å². The molecule has 0 saturated heterocycles. The molecular formula is C2H5NaO2Tb. The second-order valence-corrected chi connectivity index (χ2v) is 0.519. The molecule has 4 heteroatoms. The molecule has 0 unspecified atom stereocenters. The van der Waals surface area contributed by atoms with Crippen molar-refractivity contribution in [1.29, 1.82) is 0 Å². The number of hydrogen-bond donors (Lipinski definition) is 1. The quantitative estimate of drug-likeness (QED) is 0.467. The fourth-order valence-corrected chi connectivity index (χ4v) is 0. The average Bonchev–Trinajstić information content (AvgIpc) is 0.811. The molecule has 0 aromatic rings. The zero-order valence-electron chi connectivity index (χ0n) is 4.69. The van der Waals surface area contributed by atoms with Gasteiger partial charge >= 0.3 is 29.6 Å². The van der Waals surface area contributed by atoms with Gasteiger partial charge in [0.25, 0.3) is 5.97 Å². The van der Waals surface area contributed by atoms with Crippen LogP contribution in [-0.2, 0) is 4.79 Å². The molecule has 0 rings (SSSR count). The van der Waals surface area contributed by atoms with E-state index in [1.807, 2.05) is 0 Å². The third-order valence-corrected chi connectivity index (χ3v) is 0. The van der Waals surface area contributed by atoms with Crippen molar-refractivity contribution >= 4 is 5.97 Å². The molecule has 0 amide bonds. The molecule has 6 heavy (non-hydrogen) atoms. The summed E-state index contributed by atoms with van der Waals surface area (Å²) in [6.45, 7) is 1.08. The predicted molar refractivity (Wildman–Crippen MR) is 14.4 cm³/mol. The first kappa shape index (κ1) is 15.7. The predicted octanol–water partition coefficient (Wildman–Crippen LogP) is -2.79. The Hall–Kier alpha value is 1.76. The van der Waals surface area contributed by atoms with Crippen molar-refractivity contribution < 1.29 is 79.5 Å². The maximum absolute atomic E-state index is 9.00. The van der Waals surface area contributed by atoms with Gasteiger partial charge in [-0.3, -0.25) is 4.79 Å². The summed E-state index contributed by atoms with van der Waals surface area (Å²) in [7, 11) is 0. The Morgan fingerprint density at radius 2 is 1.83 bits per heavy atom. The van der Waals surface area contributed by atoms with Crippen LogP contribution in [0.1, 0.15) is 8.35 Å². The Balaban J connectivity index is -0.0000000150. The molecule has 0 aliphatic carbocycles. The molecule has 35 valence electrons. The fourth-order valence-electron chi connectivity index (χ4n) is 0. The molecule has 0 spiro atoms. The summed E-state index contributed by atoms with van der Waals surface area (Å²) in [4.78, 5) is 9.00. The third-order valence-electron chi connectivity index (χ3n) is 0. The van der Waals surface area contributed by atoms with E-state index in [0.29, 0.717) is 0 Å². The molecule has 0 saturated carbocycles. The number of hydrogen-bond acceptors (Lipinski definition) is 1. The topological polar surface area (TPSA) is 37.3 Å². The van der Waals surface area contributed by atoms with Gasteiger partial charge in [0, 0.05) is 45.5 Å². The SMILES string of the molecule is CC(=O)O.[H-].[Na+].[Tb]. The number of aliphatic carboxylic acids is 1. The second kappa shape index (κ2) is 9.90. The average molecular weight is 243 g/mol. The van der Waals surface area contributed by atoms with Crippen LogP contribution in [0.25, 0.3) is 0 Å². The molecule has 0 bridgehead atoms. The standard InChI is InChI=1S/C2H4O2.Na.Tb.H/c1-2(3)4;;;/h1H3,(H,3,4);;;/q;+1;;-1. The van der Waals surface area contributed by atoms with Crippen molar-refractivity contribution in [2.75, 3.05) is 0 Å². The molecule has 0 aromatic heterocycles. The van der Waals surface area contributed by atoms with Crippen molar-refractivity contribution in [2.45, 2.75) is 6.92 Å².